The molecule has 0 radical (unpaired) electrons. The van der Waals surface area contributed by atoms with Crippen molar-refractivity contribution in [2.45, 2.75) is 13.0 Å². The van der Waals surface area contributed by atoms with Crippen LogP contribution in [0.25, 0.3) is 0 Å². The second-order valence-corrected chi connectivity index (χ2v) is 2.66. The van der Waals surface area contributed by atoms with E-state index in [1.807, 2.05) is 26.2 Å². The minimum absolute atomic E-state index is 0.291. The second kappa shape index (κ2) is 7.49. The van der Waals surface area contributed by atoms with Crippen molar-refractivity contribution in [2.24, 2.45) is 4.99 Å². The summed E-state index contributed by atoms with van der Waals surface area (Å²) < 4.78 is 0. The van der Waals surface area contributed by atoms with E-state index >= 15 is 0 Å². The molecule has 13 heavy (non-hydrogen) atoms. The maximum Gasteiger partial charge on any atom is 0.139 e. The predicted molar refractivity (Wildman–Crippen MR) is 54.8 cm³/mol. The van der Waals surface area contributed by atoms with Gasteiger partial charge in [0.05, 0.1) is 12.9 Å². The summed E-state index contributed by atoms with van der Waals surface area (Å²) in [7, 11) is 3.56. The molecule has 0 aliphatic rings. The third kappa shape index (κ3) is 6.04. The van der Waals surface area contributed by atoms with E-state index in [0.717, 1.165) is 6.29 Å². The number of carbonyl (C=O) groups is 1. The van der Waals surface area contributed by atoms with Gasteiger partial charge in [0.2, 0.25) is 0 Å². The summed E-state index contributed by atoms with van der Waals surface area (Å²) in [4.78, 5) is 15.8. The fourth-order valence-electron chi connectivity index (χ4n) is 0.717. The van der Waals surface area contributed by atoms with Gasteiger partial charge in [-0.3, -0.25) is 4.99 Å². The van der Waals surface area contributed by atoms with Crippen LogP contribution in [0.5, 0.6) is 0 Å². The normalized spacial score (nSPS) is 13.8. The molecule has 1 atom stereocenters. The number of likely N-dealkylation sites (N-methyl/N-ethyl adjacent to an activating group) is 1. The van der Waals surface area contributed by atoms with Crippen LogP contribution in [0.1, 0.15) is 6.92 Å². The first-order valence-electron chi connectivity index (χ1n) is 4.21. The Kier molecular flexibility index (Phi) is 6.82. The van der Waals surface area contributed by atoms with Gasteiger partial charge in [-0.15, -0.1) is 0 Å². The Morgan fingerprint density at radius 2 is 2.31 bits per heavy atom. The molecule has 0 saturated carbocycles. The van der Waals surface area contributed by atoms with Gasteiger partial charge in [-0.1, -0.05) is 6.08 Å². The maximum absolute atomic E-state index is 10.3. The van der Waals surface area contributed by atoms with Gasteiger partial charge in [0, 0.05) is 19.3 Å². The van der Waals surface area contributed by atoms with Gasteiger partial charge in [-0.05, 0) is 14.0 Å². The average Bonchev–Trinajstić information content (AvgIpc) is 2.14. The van der Waals surface area contributed by atoms with Crippen molar-refractivity contribution in [3.63, 3.8) is 0 Å². The molecule has 4 nitrogen and oxygen atoms in total. The van der Waals surface area contributed by atoms with Gasteiger partial charge >= 0.3 is 0 Å². The quantitative estimate of drug-likeness (QED) is 0.365. The Labute approximate surface area is 79.3 Å². The molecule has 0 fully saturated rings. The summed E-state index contributed by atoms with van der Waals surface area (Å²) in [6.45, 7) is 2.36. The van der Waals surface area contributed by atoms with Gasteiger partial charge in [-0.25, -0.2) is 0 Å². The highest BCUT2D eigenvalue weighted by atomic mass is 16.1. The lowest BCUT2D eigenvalue weighted by molar-refractivity contribution is -0.107. The van der Waals surface area contributed by atoms with Crippen LogP contribution in [0.4, 0.5) is 0 Å². The van der Waals surface area contributed by atoms with Crippen LogP contribution in [-0.4, -0.2) is 44.2 Å². The summed E-state index contributed by atoms with van der Waals surface area (Å²) in [6, 6.07) is 0.291. The smallest absolute Gasteiger partial charge is 0.139 e. The largest absolute Gasteiger partial charge is 0.333 e. The molecule has 0 rings (SSSR count). The van der Waals surface area contributed by atoms with E-state index in [2.05, 4.69) is 10.3 Å². The first kappa shape index (κ1) is 11.8. The monoisotopic (exact) mass is 183 g/mol. The Morgan fingerprint density at radius 3 is 2.77 bits per heavy atom. The zero-order valence-electron chi connectivity index (χ0n) is 8.40. The lowest BCUT2D eigenvalue weighted by Crippen LogP contribution is -2.22. The number of carbonyl (C=O) groups excluding carboxylic acids is 1. The van der Waals surface area contributed by atoms with Crippen LogP contribution in [0.3, 0.4) is 0 Å². The van der Waals surface area contributed by atoms with Gasteiger partial charge < -0.3 is 15.0 Å². The first-order valence-corrected chi connectivity index (χ1v) is 4.21. The van der Waals surface area contributed by atoms with E-state index < -0.39 is 0 Å². The van der Waals surface area contributed by atoms with E-state index in [9.17, 15) is 4.79 Å². The molecule has 0 aliphatic heterocycles. The number of rotatable bonds is 6. The van der Waals surface area contributed by atoms with Gasteiger partial charge in [0.1, 0.15) is 6.29 Å². The molecule has 0 bridgehead atoms. The number of aldehydes is 1. The minimum atomic E-state index is 0.291. The fraction of sp³-hybridized carbons (Fsp3) is 0.556. The molecular formula is C9H17N3O. The van der Waals surface area contributed by atoms with Crippen molar-refractivity contribution in [1.29, 1.82) is 0 Å². The highest BCUT2D eigenvalue weighted by Crippen LogP contribution is 1.88. The van der Waals surface area contributed by atoms with E-state index in [1.165, 1.54) is 0 Å². The summed E-state index contributed by atoms with van der Waals surface area (Å²) >= 11 is 0. The summed E-state index contributed by atoms with van der Waals surface area (Å²) in [5.41, 5.74) is 0. The first-order chi connectivity index (χ1) is 6.24. The molecular weight excluding hydrogens is 166 g/mol. The molecule has 0 saturated heterocycles. The second-order valence-electron chi connectivity index (χ2n) is 2.66. The molecule has 1 N–H and O–H groups in total. The van der Waals surface area contributed by atoms with Crippen molar-refractivity contribution >= 4 is 12.6 Å². The van der Waals surface area contributed by atoms with E-state index in [0.29, 0.717) is 12.6 Å². The SMILES string of the molecule is C/N=C\N(/C=C/C(C)NC)CC=O. The number of aliphatic imine (C=N–C) groups is 1. The van der Waals surface area contributed by atoms with Crippen LogP contribution in [0, 0.1) is 0 Å². The number of nitrogens with zero attached hydrogens (tertiary/aromatic N) is 2. The van der Waals surface area contributed by atoms with Gasteiger partial charge in [0.15, 0.2) is 0 Å². The molecule has 0 aliphatic carbocycles. The standard InChI is InChI=1S/C9H17N3O/c1-9(11-3)4-5-12(6-7-13)8-10-2/h4-5,7-9,11H,6H2,1-3H3/b5-4+,10-8-. The highest BCUT2D eigenvalue weighted by molar-refractivity contribution is 5.63. The van der Waals surface area contributed by atoms with Crippen LogP contribution >= 0.6 is 0 Å². The Bertz CT molecular complexity index is 189. The predicted octanol–water partition coefficient (Wildman–Crippen LogP) is 0.267. The third-order valence-electron chi connectivity index (χ3n) is 1.57. The Balaban J connectivity index is 4.06. The number of nitrogens with one attached hydrogen (secondary N) is 1. The average molecular weight is 183 g/mol. The number of hydrogen-bond donors (Lipinski definition) is 1. The fourth-order valence-corrected chi connectivity index (χ4v) is 0.717. The molecule has 74 valence electrons. The summed E-state index contributed by atoms with van der Waals surface area (Å²) in [6.07, 6.45) is 6.26. The topological polar surface area (TPSA) is 44.7 Å². The van der Waals surface area contributed by atoms with Crippen molar-refractivity contribution in [1.82, 2.24) is 10.2 Å². The van der Waals surface area contributed by atoms with Crippen molar-refractivity contribution in [2.75, 3.05) is 20.6 Å². The van der Waals surface area contributed by atoms with E-state index in [4.69, 9.17) is 0 Å². The minimum Gasteiger partial charge on any atom is -0.333 e. The Hall–Kier alpha value is -1.16. The summed E-state index contributed by atoms with van der Waals surface area (Å²) in [5, 5.41) is 3.06. The number of hydrogen-bond acceptors (Lipinski definition) is 3. The van der Waals surface area contributed by atoms with Crippen LogP contribution in [0.2, 0.25) is 0 Å². The Morgan fingerprint density at radius 1 is 1.62 bits per heavy atom. The molecule has 0 heterocycles. The molecule has 0 aromatic rings. The molecule has 0 spiro atoms. The maximum atomic E-state index is 10.3. The molecule has 1 unspecified atom stereocenters. The van der Waals surface area contributed by atoms with Gasteiger partial charge in [-0.2, -0.15) is 0 Å². The molecule has 0 amide bonds. The highest BCUT2D eigenvalue weighted by Gasteiger charge is 1.94. The van der Waals surface area contributed by atoms with Crippen LogP contribution in [0.15, 0.2) is 17.3 Å². The lowest BCUT2D eigenvalue weighted by atomic mass is 10.3. The molecule has 0 aromatic heterocycles. The van der Waals surface area contributed by atoms with Crippen LogP contribution in [-0.2, 0) is 4.79 Å². The molecule has 0 aromatic carbocycles. The lowest BCUT2D eigenvalue weighted by Gasteiger charge is -2.11. The third-order valence-corrected chi connectivity index (χ3v) is 1.57. The van der Waals surface area contributed by atoms with Gasteiger partial charge in [0.25, 0.3) is 0 Å². The van der Waals surface area contributed by atoms with E-state index in [1.54, 1.807) is 18.3 Å². The zero-order chi connectivity index (χ0) is 10.1. The van der Waals surface area contributed by atoms with Crippen LogP contribution < -0.4 is 5.32 Å². The van der Waals surface area contributed by atoms with Crippen molar-refractivity contribution < 1.29 is 4.79 Å². The molecule has 4 heteroatoms. The zero-order valence-corrected chi connectivity index (χ0v) is 8.40. The van der Waals surface area contributed by atoms with Crippen molar-refractivity contribution in [3.05, 3.63) is 12.3 Å². The van der Waals surface area contributed by atoms with Crippen molar-refractivity contribution in [3.8, 4) is 0 Å². The van der Waals surface area contributed by atoms with E-state index in [-0.39, 0.29) is 0 Å². The summed E-state index contributed by atoms with van der Waals surface area (Å²) in [5.74, 6) is 0.